The maximum absolute atomic E-state index is 12.6. The highest BCUT2D eigenvalue weighted by molar-refractivity contribution is 5.54. The Bertz CT molecular complexity index is 1110. The first-order chi connectivity index (χ1) is 14.7. The van der Waals surface area contributed by atoms with Crippen LogP contribution < -0.4 is 15.0 Å². The molecule has 0 bridgehead atoms. The van der Waals surface area contributed by atoms with E-state index in [2.05, 4.69) is 33.9 Å². The number of nitrogens with zero attached hydrogens (tertiary/aromatic N) is 3. The van der Waals surface area contributed by atoms with Crippen molar-refractivity contribution in [2.75, 3.05) is 19.9 Å². The molecule has 0 spiro atoms. The normalized spacial score (nSPS) is 16.3. The summed E-state index contributed by atoms with van der Waals surface area (Å²) in [6, 6.07) is 9.89. The lowest BCUT2D eigenvalue weighted by Crippen LogP contribution is -2.38. The van der Waals surface area contributed by atoms with E-state index < -0.39 is 0 Å². The lowest BCUT2D eigenvalue weighted by Gasteiger charge is -2.30. The first-order valence-electron chi connectivity index (χ1n) is 10.3. The Morgan fingerprint density at radius 3 is 2.87 bits per heavy atom. The van der Waals surface area contributed by atoms with Crippen LogP contribution in [0.25, 0.3) is 11.4 Å². The number of benzene rings is 1. The molecule has 0 fully saturated rings. The summed E-state index contributed by atoms with van der Waals surface area (Å²) in [6.07, 6.45) is 5.11. The van der Waals surface area contributed by atoms with Crippen LogP contribution in [0, 0.1) is 5.92 Å². The van der Waals surface area contributed by atoms with Gasteiger partial charge in [0.15, 0.2) is 11.5 Å². The Morgan fingerprint density at radius 1 is 1.17 bits per heavy atom. The summed E-state index contributed by atoms with van der Waals surface area (Å²) >= 11 is 0. The van der Waals surface area contributed by atoms with Crippen LogP contribution in [0.1, 0.15) is 23.7 Å². The molecule has 2 aliphatic rings. The third-order valence-corrected chi connectivity index (χ3v) is 5.70. The average Bonchev–Trinajstić information content (AvgIpc) is 3.22. The Morgan fingerprint density at radius 2 is 2.00 bits per heavy atom. The summed E-state index contributed by atoms with van der Waals surface area (Å²) in [6.45, 7) is 5.08. The molecule has 1 atom stereocenters. The fraction of sp³-hybridized carbons (Fsp3) is 0.348. The van der Waals surface area contributed by atoms with Gasteiger partial charge in [-0.25, -0.2) is 4.98 Å². The van der Waals surface area contributed by atoms with Gasteiger partial charge < -0.3 is 14.5 Å². The van der Waals surface area contributed by atoms with Gasteiger partial charge in [0.25, 0.3) is 5.56 Å². The van der Waals surface area contributed by atoms with E-state index in [0.29, 0.717) is 25.1 Å². The number of rotatable bonds is 5. The van der Waals surface area contributed by atoms with Gasteiger partial charge in [-0.1, -0.05) is 13.0 Å². The smallest absolute Gasteiger partial charge is 0.254 e. The molecular weight excluding hydrogens is 380 g/mol. The van der Waals surface area contributed by atoms with Crippen molar-refractivity contribution in [3.05, 3.63) is 69.9 Å². The molecule has 0 radical (unpaired) electrons. The Labute approximate surface area is 174 Å². The highest BCUT2D eigenvalue weighted by Crippen LogP contribution is 2.33. The summed E-state index contributed by atoms with van der Waals surface area (Å²) in [4.78, 5) is 26.7. The van der Waals surface area contributed by atoms with E-state index in [-0.39, 0.29) is 5.56 Å². The largest absolute Gasteiger partial charge is 0.454 e. The van der Waals surface area contributed by atoms with Gasteiger partial charge in [0, 0.05) is 43.2 Å². The quantitative estimate of drug-likeness (QED) is 0.704. The molecule has 1 N–H and O–H groups in total. The third kappa shape index (κ3) is 3.80. The van der Waals surface area contributed by atoms with Gasteiger partial charge in [-0.2, -0.15) is 0 Å². The number of fused-ring (bicyclic) bond motifs is 2. The first kappa shape index (κ1) is 18.8. The van der Waals surface area contributed by atoms with Crippen LogP contribution in [0.15, 0.2) is 47.5 Å². The lowest BCUT2D eigenvalue weighted by molar-refractivity contribution is 0.174. The fourth-order valence-corrected chi connectivity index (χ4v) is 4.27. The van der Waals surface area contributed by atoms with Gasteiger partial charge >= 0.3 is 0 Å². The minimum atomic E-state index is -0.0279. The molecule has 1 unspecified atom stereocenters. The van der Waals surface area contributed by atoms with Gasteiger partial charge in [0.1, 0.15) is 5.82 Å². The van der Waals surface area contributed by atoms with Gasteiger partial charge in [-0.3, -0.25) is 14.7 Å². The topological polar surface area (TPSA) is 80.3 Å². The van der Waals surface area contributed by atoms with Crippen molar-refractivity contribution in [3.8, 4) is 22.9 Å². The molecule has 4 heterocycles. The molecule has 5 rings (SSSR count). The van der Waals surface area contributed by atoms with Crippen molar-refractivity contribution in [1.82, 2.24) is 19.9 Å². The number of ether oxygens (including phenoxy) is 2. The van der Waals surface area contributed by atoms with Crippen molar-refractivity contribution in [2.24, 2.45) is 5.92 Å². The summed E-state index contributed by atoms with van der Waals surface area (Å²) in [5, 5.41) is 0. The highest BCUT2D eigenvalue weighted by atomic mass is 16.7. The number of hydrogen-bond donors (Lipinski definition) is 1. The van der Waals surface area contributed by atoms with Crippen LogP contribution in [-0.4, -0.2) is 39.7 Å². The van der Waals surface area contributed by atoms with E-state index in [1.165, 1.54) is 5.56 Å². The second-order valence-electron chi connectivity index (χ2n) is 8.06. The van der Waals surface area contributed by atoms with Gasteiger partial charge in [-0.15, -0.1) is 0 Å². The molecule has 2 aliphatic heterocycles. The van der Waals surface area contributed by atoms with E-state index in [4.69, 9.17) is 14.5 Å². The van der Waals surface area contributed by atoms with Crippen LogP contribution in [-0.2, 0) is 19.4 Å². The van der Waals surface area contributed by atoms with E-state index in [1.54, 1.807) is 12.4 Å². The molecule has 3 aromatic rings. The van der Waals surface area contributed by atoms with E-state index in [1.807, 2.05) is 18.2 Å². The van der Waals surface area contributed by atoms with Crippen LogP contribution in [0.3, 0.4) is 0 Å². The molecule has 7 heteroatoms. The average molecular weight is 404 g/mol. The summed E-state index contributed by atoms with van der Waals surface area (Å²) in [5.74, 6) is 2.73. The third-order valence-electron chi connectivity index (χ3n) is 5.70. The van der Waals surface area contributed by atoms with Gasteiger partial charge in [-0.05, 0) is 48.6 Å². The zero-order chi connectivity index (χ0) is 20.5. The standard InChI is InChI=1S/C23H24N4O3/c1-15(10-16-2-3-20-21(11-16)30-14-29-20)12-27-9-6-18-19(13-27)25-22(26-23(18)28)17-4-7-24-8-5-17/h2-5,7-8,11,15H,6,9-10,12-14H2,1H3,(H,25,26,28). The number of nitrogens with one attached hydrogen (secondary N) is 1. The van der Waals surface area contributed by atoms with Crippen LogP contribution >= 0.6 is 0 Å². The summed E-state index contributed by atoms with van der Waals surface area (Å²) < 4.78 is 10.9. The molecule has 2 aromatic heterocycles. The Kier molecular flexibility index (Phi) is 4.96. The first-order valence-corrected chi connectivity index (χ1v) is 10.3. The van der Waals surface area contributed by atoms with Gasteiger partial charge in [0.2, 0.25) is 6.79 Å². The molecule has 154 valence electrons. The molecule has 1 aromatic carbocycles. The van der Waals surface area contributed by atoms with Gasteiger partial charge in [0.05, 0.1) is 5.69 Å². The van der Waals surface area contributed by atoms with Crippen LogP contribution in [0.4, 0.5) is 0 Å². The van der Waals surface area contributed by atoms with Crippen molar-refractivity contribution in [2.45, 2.75) is 26.3 Å². The zero-order valence-electron chi connectivity index (χ0n) is 16.9. The molecule has 30 heavy (non-hydrogen) atoms. The maximum atomic E-state index is 12.6. The van der Waals surface area contributed by atoms with Crippen molar-refractivity contribution in [1.29, 1.82) is 0 Å². The van der Waals surface area contributed by atoms with Crippen molar-refractivity contribution < 1.29 is 9.47 Å². The number of H-pyrrole nitrogens is 1. The van der Waals surface area contributed by atoms with Crippen LogP contribution in [0.5, 0.6) is 11.5 Å². The molecule has 0 saturated heterocycles. The second-order valence-corrected chi connectivity index (χ2v) is 8.06. The SMILES string of the molecule is CC(Cc1ccc2c(c1)OCO2)CN1CCc2c(nc(-c3ccncc3)[nH]c2=O)C1. The lowest BCUT2D eigenvalue weighted by atomic mass is 9.98. The van der Waals surface area contributed by atoms with Crippen molar-refractivity contribution >= 4 is 0 Å². The van der Waals surface area contributed by atoms with Crippen molar-refractivity contribution in [3.63, 3.8) is 0 Å². The number of aromatic nitrogens is 3. The second kappa shape index (κ2) is 7.91. The number of aromatic amines is 1. The molecule has 0 saturated carbocycles. The predicted octanol–water partition coefficient (Wildman–Crippen LogP) is 2.80. The zero-order valence-corrected chi connectivity index (χ0v) is 16.9. The molecule has 0 aliphatic carbocycles. The Hall–Kier alpha value is -3.19. The fourth-order valence-electron chi connectivity index (χ4n) is 4.27. The number of pyridine rings is 1. The monoisotopic (exact) mass is 404 g/mol. The minimum Gasteiger partial charge on any atom is -0.454 e. The van der Waals surface area contributed by atoms with E-state index >= 15 is 0 Å². The van der Waals surface area contributed by atoms with E-state index in [9.17, 15) is 4.79 Å². The summed E-state index contributed by atoms with van der Waals surface area (Å²) in [7, 11) is 0. The molecular formula is C23H24N4O3. The highest BCUT2D eigenvalue weighted by Gasteiger charge is 2.23. The predicted molar refractivity (Wildman–Crippen MR) is 113 cm³/mol. The molecule has 0 amide bonds. The summed E-state index contributed by atoms with van der Waals surface area (Å²) in [5.41, 5.74) is 3.79. The Balaban J connectivity index is 1.28. The molecule has 7 nitrogen and oxygen atoms in total. The number of hydrogen-bond acceptors (Lipinski definition) is 6. The van der Waals surface area contributed by atoms with E-state index in [0.717, 1.165) is 54.3 Å². The maximum Gasteiger partial charge on any atom is 0.254 e. The van der Waals surface area contributed by atoms with Crippen LogP contribution in [0.2, 0.25) is 0 Å². The minimum absolute atomic E-state index is 0.0279.